The number of esters is 1. The van der Waals surface area contributed by atoms with E-state index < -0.39 is 29.0 Å². The maximum Gasteiger partial charge on any atom is 0.332 e. The fraction of sp³-hybridized carbons (Fsp3) is 0.222. The van der Waals surface area contributed by atoms with Crippen molar-refractivity contribution >= 4 is 29.2 Å². The lowest BCUT2D eigenvalue weighted by Crippen LogP contribution is -2.46. The standard InChI is InChI=1S/C27H23N3O7/c1-13(31)30-23-16-8-6-7-9-17(16)24(33)21(23)20(22-25(30)28(3)27(35)29(4)26(22)34)15-10-11-18(37-14(2)32)19(12-15)36-5/h6-12,20H,1-5H3/t20-/m0/s1. The Hall–Kier alpha value is -4.73. The van der Waals surface area contributed by atoms with Gasteiger partial charge >= 0.3 is 11.7 Å². The minimum absolute atomic E-state index is 0.0943. The number of fused-ring (bicyclic) bond motifs is 3. The minimum atomic E-state index is -0.939. The van der Waals surface area contributed by atoms with Crippen LogP contribution in [0.25, 0.3) is 5.70 Å². The van der Waals surface area contributed by atoms with E-state index in [1.165, 1.54) is 50.6 Å². The summed E-state index contributed by atoms with van der Waals surface area (Å²) in [5.41, 5.74) is 0.833. The van der Waals surface area contributed by atoms with E-state index in [0.717, 1.165) is 4.57 Å². The molecule has 0 N–H and O–H groups in total. The number of nitrogens with zero attached hydrogens (tertiary/aromatic N) is 3. The van der Waals surface area contributed by atoms with Gasteiger partial charge < -0.3 is 9.47 Å². The van der Waals surface area contributed by atoms with Crippen LogP contribution in [0.3, 0.4) is 0 Å². The van der Waals surface area contributed by atoms with Gasteiger partial charge in [0.1, 0.15) is 5.82 Å². The van der Waals surface area contributed by atoms with Crippen molar-refractivity contribution in [1.29, 1.82) is 0 Å². The third kappa shape index (κ3) is 3.36. The molecule has 10 heteroatoms. The van der Waals surface area contributed by atoms with Gasteiger partial charge in [0.05, 0.1) is 18.4 Å². The minimum Gasteiger partial charge on any atom is -0.493 e. The Morgan fingerprint density at radius 1 is 0.892 bits per heavy atom. The summed E-state index contributed by atoms with van der Waals surface area (Å²) in [4.78, 5) is 66.3. The molecule has 0 spiro atoms. The molecule has 1 aliphatic carbocycles. The zero-order valence-electron chi connectivity index (χ0n) is 20.8. The Balaban J connectivity index is 1.91. The number of amides is 1. The number of methoxy groups -OCH3 is 1. The van der Waals surface area contributed by atoms with Crippen molar-refractivity contribution in [3.63, 3.8) is 0 Å². The lowest BCUT2D eigenvalue weighted by Gasteiger charge is -2.36. The van der Waals surface area contributed by atoms with E-state index in [1.807, 2.05) is 0 Å². The zero-order valence-corrected chi connectivity index (χ0v) is 20.8. The first-order chi connectivity index (χ1) is 17.6. The van der Waals surface area contributed by atoms with Crippen LogP contribution in [-0.2, 0) is 23.7 Å². The summed E-state index contributed by atoms with van der Waals surface area (Å²) in [6, 6.07) is 11.6. The zero-order chi connectivity index (χ0) is 26.8. The Kier molecular flexibility index (Phi) is 5.47. The fourth-order valence-electron chi connectivity index (χ4n) is 5.17. The van der Waals surface area contributed by atoms with Crippen LogP contribution in [0.1, 0.15) is 46.8 Å². The number of carbonyl (C=O) groups is 3. The maximum absolute atomic E-state index is 13.8. The first-order valence-corrected chi connectivity index (χ1v) is 11.4. The molecule has 3 aromatic rings. The highest BCUT2D eigenvalue weighted by Crippen LogP contribution is 2.51. The number of Topliss-reactive ketones (excluding diaryl/α,β-unsaturated/α-hetero) is 1. The monoisotopic (exact) mass is 501 g/mol. The van der Waals surface area contributed by atoms with Gasteiger partial charge in [0.15, 0.2) is 17.3 Å². The first kappa shape index (κ1) is 24.0. The third-order valence-corrected chi connectivity index (χ3v) is 6.70. The number of hydrogen-bond donors (Lipinski definition) is 0. The molecule has 0 bridgehead atoms. The number of ketones is 1. The van der Waals surface area contributed by atoms with E-state index in [-0.39, 0.29) is 34.2 Å². The molecule has 0 saturated heterocycles. The summed E-state index contributed by atoms with van der Waals surface area (Å²) in [5.74, 6) is -1.78. The number of anilines is 1. The largest absolute Gasteiger partial charge is 0.493 e. The number of hydrogen-bond acceptors (Lipinski definition) is 7. The smallest absolute Gasteiger partial charge is 0.332 e. The average molecular weight is 501 g/mol. The van der Waals surface area contributed by atoms with Gasteiger partial charge in [-0.1, -0.05) is 30.3 Å². The molecular weight excluding hydrogens is 478 g/mol. The second-order valence-corrected chi connectivity index (χ2v) is 8.87. The second kappa shape index (κ2) is 8.44. The summed E-state index contributed by atoms with van der Waals surface area (Å²) >= 11 is 0. The number of allylic oxidation sites excluding steroid dienone is 1. The van der Waals surface area contributed by atoms with Crippen LogP contribution in [-0.4, -0.2) is 33.9 Å². The van der Waals surface area contributed by atoms with Gasteiger partial charge in [0.2, 0.25) is 5.91 Å². The highest BCUT2D eigenvalue weighted by molar-refractivity contribution is 6.27. The topological polar surface area (TPSA) is 117 Å². The van der Waals surface area contributed by atoms with Crippen LogP contribution in [0.2, 0.25) is 0 Å². The molecule has 1 aliphatic heterocycles. The molecule has 0 unspecified atom stereocenters. The van der Waals surface area contributed by atoms with E-state index in [1.54, 1.807) is 36.4 Å². The molecule has 188 valence electrons. The van der Waals surface area contributed by atoms with Crippen molar-refractivity contribution in [3.8, 4) is 11.5 Å². The molecule has 0 saturated carbocycles. The fourth-order valence-corrected chi connectivity index (χ4v) is 5.17. The highest BCUT2D eigenvalue weighted by Gasteiger charge is 2.47. The van der Waals surface area contributed by atoms with Crippen LogP contribution in [0.4, 0.5) is 5.82 Å². The van der Waals surface area contributed by atoms with Gasteiger partial charge in [-0.15, -0.1) is 0 Å². The SMILES string of the molecule is COc1cc([C@H]2C3=C(c4ccccc4C3=O)N(C(C)=O)c3c2c(=O)n(C)c(=O)n3C)ccc1OC(C)=O. The summed E-state index contributed by atoms with van der Waals surface area (Å²) in [6.07, 6.45) is 0. The summed E-state index contributed by atoms with van der Waals surface area (Å²) in [5, 5.41) is 0. The van der Waals surface area contributed by atoms with Crippen LogP contribution in [0.5, 0.6) is 11.5 Å². The maximum atomic E-state index is 13.8. The number of aromatic nitrogens is 2. The Morgan fingerprint density at radius 3 is 2.19 bits per heavy atom. The summed E-state index contributed by atoms with van der Waals surface area (Å²) in [6.45, 7) is 2.58. The molecule has 2 aliphatic rings. The molecule has 10 nitrogen and oxygen atoms in total. The van der Waals surface area contributed by atoms with Crippen LogP contribution in [0, 0.1) is 0 Å². The van der Waals surface area contributed by atoms with Crippen LogP contribution >= 0.6 is 0 Å². The number of rotatable bonds is 3. The number of ether oxygens (including phenoxy) is 2. The molecule has 1 atom stereocenters. The van der Waals surface area contributed by atoms with Crippen molar-refractivity contribution in [3.05, 3.63) is 91.1 Å². The third-order valence-electron chi connectivity index (χ3n) is 6.70. The molecule has 0 radical (unpaired) electrons. The predicted molar refractivity (Wildman–Crippen MR) is 134 cm³/mol. The van der Waals surface area contributed by atoms with Gasteiger partial charge in [-0.3, -0.25) is 33.2 Å². The van der Waals surface area contributed by atoms with E-state index in [9.17, 15) is 24.0 Å². The van der Waals surface area contributed by atoms with E-state index in [2.05, 4.69) is 0 Å². The van der Waals surface area contributed by atoms with Gasteiger partial charge in [-0.05, 0) is 17.7 Å². The molecule has 37 heavy (non-hydrogen) atoms. The molecule has 0 fully saturated rings. The second-order valence-electron chi connectivity index (χ2n) is 8.87. The Labute approximate surface area is 211 Å². The molecule has 1 amide bonds. The normalized spacial score (nSPS) is 15.8. The van der Waals surface area contributed by atoms with Crippen molar-refractivity contribution in [2.75, 3.05) is 12.0 Å². The number of benzene rings is 2. The van der Waals surface area contributed by atoms with Crippen LogP contribution < -0.4 is 25.6 Å². The highest BCUT2D eigenvalue weighted by atomic mass is 16.6. The van der Waals surface area contributed by atoms with Crippen molar-refractivity contribution in [2.24, 2.45) is 14.1 Å². The first-order valence-electron chi connectivity index (χ1n) is 11.4. The van der Waals surface area contributed by atoms with E-state index in [4.69, 9.17) is 9.47 Å². The molecular formula is C27H23N3O7. The summed E-state index contributed by atoms with van der Waals surface area (Å²) in [7, 11) is 4.23. The molecule has 1 aromatic heterocycles. The van der Waals surface area contributed by atoms with Crippen molar-refractivity contribution in [1.82, 2.24) is 9.13 Å². The Bertz CT molecular complexity index is 1690. The average Bonchev–Trinajstić information content (AvgIpc) is 3.16. The summed E-state index contributed by atoms with van der Waals surface area (Å²) < 4.78 is 12.9. The van der Waals surface area contributed by atoms with Crippen molar-refractivity contribution in [2.45, 2.75) is 19.8 Å². The van der Waals surface area contributed by atoms with E-state index in [0.29, 0.717) is 22.4 Å². The van der Waals surface area contributed by atoms with Gasteiger partial charge in [0, 0.05) is 50.6 Å². The van der Waals surface area contributed by atoms with Gasteiger partial charge in [-0.2, -0.15) is 0 Å². The molecule has 2 heterocycles. The van der Waals surface area contributed by atoms with E-state index >= 15 is 0 Å². The predicted octanol–water partition coefficient (Wildman–Crippen LogP) is 2.12. The molecule has 2 aromatic carbocycles. The number of carbonyl (C=O) groups excluding carboxylic acids is 3. The lowest BCUT2D eigenvalue weighted by molar-refractivity contribution is -0.132. The van der Waals surface area contributed by atoms with Crippen molar-refractivity contribution < 1.29 is 23.9 Å². The van der Waals surface area contributed by atoms with Gasteiger partial charge in [-0.25, -0.2) is 4.79 Å². The van der Waals surface area contributed by atoms with Gasteiger partial charge in [0.25, 0.3) is 5.56 Å². The lowest BCUT2D eigenvalue weighted by atomic mass is 9.80. The molecule has 5 rings (SSSR count). The van der Waals surface area contributed by atoms with Crippen LogP contribution in [0.15, 0.2) is 57.6 Å². The quantitative estimate of drug-likeness (QED) is 0.399. The Morgan fingerprint density at radius 2 is 1.57 bits per heavy atom.